The number of nitrogens with zero attached hydrogens (tertiary/aromatic N) is 1. The molecule has 1 amide bonds. The number of nitrogens with two attached hydrogens (primary N) is 1. The monoisotopic (exact) mass is 256 g/mol. The summed E-state index contributed by atoms with van der Waals surface area (Å²) in [6.45, 7) is 0. The van der Waals surface area contributed by atoms with E-state index in [1.165, 1.54) is 11.3 Å². The third-order valence-electron chi connectivity index (χ3n) is 1.56. The molecular weight excluding hydrogens is 252 g/mol. The first-order valence-corrected chi connectivity index (χ1v) is 5.13. The molecule has 2 aromatic rings. The van der Waals surface area contributed by atoms with Gasteiger partial charge in [-0.1, -0.05) is 15.9 Å². The zero-order valence-corrected chi connectivity index (χ0v) is 8.85. The molecule has 3 nitrogen and oxygen atoms in total. The van der Waals surface area contributed by atoms with E-state index in [4.69, 9.17) is 5.73 Å². The second-order valence-corrected chi connectivity index (χ2v) is 4.44. The van der Waals surface area contributed by atoms with Crippen molar-refractivity contribution in [2.45, 2.75) is 0 Å². The van der Waals surface area contributed by atoms with Gasteiger partial charge in [0.05, 0.1) is 10.2 Å². The maximum Gasteiger partial charge on any atom is 0.277 e. The summed E-state index contributed by atoms with van der Waals surface area (Å²) in [6, 6.07) is 5.65. The normalized spacial score (nSPS) is 10.5. The zero-order valence-electron chi connectivity index (χ0n) is 6.45. The van der Waals surface area contributed by atoms with E-state index in [1.807, 2.05) is 18.2 Å². The fourth-order valence-electron chi connectivity index (χ4n) is 1.00. The summed E-state index contributed by atoms with van der Waals surface area (Å²) in [5.74, 6) is -0.475. The Labute approximate surface area is 86.7 Å². The van der Waals surface area contributed by atoms with E-state index in [9.17, 15) is 4.79 Å². The van der Waals surface area contributed by atoms with E-state index in [1.54, 1.807) is 0 Å². The second-order valence-electron chi connectivity index (χ2n) is 2.50. The molecular formula is C8H5BrN2OS. The molecule has 0 aliphatic heterocycles. The number of hydrogen-bond acceptors (Lipinski definition) is 3. The van der Waals surface area contributed by atoms with Crippen molar-refractivity contribution in [1.82, 2.24) is 4.98 Å². The van der Waals surface area contributed by atoms with Crippen LogP contribution in [0.5, 0.6) is 0 Å². The molecule has 0 saturated heterocycles. The molecule has 0 unspecified atom stereocenters. The van der Waals surface area contributed by atoms with Gasteiger partial charge in [-0.25, -0.2) is 4.98 Å². The van der Waals surface area contributed by atoms with Gasteiger partial charge < -0.3 is 5.73 Å². The zero-order chi connectivity index (χ0) is 9.42. The maximum atomic E-state index is 10.8. The fourth-order valence-corrected chi connectivity index (χ4v) is 2.37. The average molecular weight is 257 g/mol. The van der Waals surface area contributed by atoms with Gasteiger partial charge in [-0.05, 0) is 18.2 Å². The summed E-state index contributed by atoms with van der Waals surface area (Å²) in [5.41, 5.74) is 5.92. The van der Waals surface area contributed by atoms with E-state index in [0.717, 1.165) is 14.7 Å². The van der Waals surface area contributed by atoms with Gasteiger partial charge in [-0.2, -0.15) is 0 Å². The third kappa shape index (κ3) is 1.57. The molecule has 2 N–H and O–H groups in total. The second kappa shape index (κ2) is 3.08. The highest BCUT2D eigenvalue weighted by Gasteiger charge is 2.07. The molecule has 1 heterocycles. The molecule has 66 valence electrons. The summed E-state index contributed by atoms with van der Waals surface area (Å²) < 4.78 is 1.93. The predicted molar refractivity (Wildman–Crippen MR) is 55.8 cm³/mol. The lowest BCUT2D eigenvalue weighted by atomic mass is 10.3. The largest absolute Gasteiger partial charge is 0.364 e. The highest BCUT2D eigenvalue weighted by atomic mass is 79.9. The molecule has 1 aromatic carbocycles. The van der Waals surface area contributed by atoms with Crippen LogP contribution in [0.3, 0.4) is 0 Å². The first-order chi connectivity index (χ1) is 6.16. The number of amides is 1. The Hall–Kier alpha value is -0.940. The Kier molecular flexibility index (Phi) is 2.05. The van der Waals surface area contributed by atoms with E-state index >= 15 is 0 Å². The molecule has 0 fully saturated rings. The summed E-state index contributed by atoms with van der Waals surface area (Å²) in [5, 5.41) is 0.355. The van der Waals surface area contributed by atoms with Gasteiger partial charge in [0.15, 0.2) is 5.01 Å². The van der Waals surface area contributed by atoms with Crippen LogP contribution < -0.4 is 5.73 Å². The minimum absolute atomic E-state index is 0.355. The highest BCUT2D eigenvalue weighted by molar-refractivity contribution is 9.10. The Morgan fingerprint density at radius 1 is 1.54 bits per heavy atom. The Bertz CT molecular complexity index is 480. The average Bonchev–Trinajstić information content (AvgIpc) is 2.46. The smallest absolute Gasteiger partial charge is 0.277 e. The molecule has 0 bridgehead atoms. The first-order valence-electron chi connectivity index (χ1n) is 3.53. The molecule has 1 aromatic heterocycles. The molecule has 0 spiro atoms. The number of benzene rings is 1. The van der Waals surface area contributed by atoms with E-state index in [2.05, 4.69) is 20.9 Å². The Balaban J connectivity index is 2.68. The van der Waals surface area contributed by atoms with Crippen LogP contribution in [-0.4, -0.2) is 10.9 Å². The van der Waals surface area contributed by atoms with Crippen LogP contribution in [0.15, 0.2) is 22.7 Å². The van der Waals surface area contributed by atoms with E-state index in [0.29, 0.717) is 5.01 Å². The van der Waals surface area contributed by atoms with Gasteiger partial charge in [0.25, 0.3) is 5.91 Å². The number of carbonyl (C=O) groups excluding carboxylic acids is 1. The number of rotatable bonds is 1. The van der Waals surface area contributed by atoms with E-state index < -0.39 is 5.91 Å². The minimum Gasteiger partial charge on any atom is -0.364 e. The van der Waals surface area contributed by atoms with Crippen molar-refractivity contribution in [3.8, 4) is 0 Å². The van der Waals surface area contributed by atoms with Crippen molar-refractivity contribution in [3.63, 3.8) is 0 Å². The lowest BCUT2D eigenvalue weighted by Gasteiger charge is -1.86. The SMILES string of the molecule is NC(=O)c1nc2ccc(Br)cc2s1. The number of aromatic nitrogens is 1. The molecule has 2 rings (SSSR count). The molecule has 0 atom stereocenters. The Morgan fingerprint density at radius 2 is 2.31 bits per heavy atom. The molecule has 0 aliphatic rings. The lowest BCUT2D eigenvalue weighted by molar-refractivity contribution is 0.1000. The van der Waals surface area contributed by atoms with Crippen LogP contribution in [0, 0.1) is 0 Å². The number of halogens is 1. The van der Waals surface area contributed by atoms with Gasteiger partial charge in [0, 0.05) is 4.47 Å². The summed E-state index contributed by atoms with van der Waals surface area (Å²) in [7, 11) is 0. The van der Waals surface area contributed by atoms with Crippen molar-refractivity contribution in [2.75, 3.05) is 0 Å². The number of hydrogen-bond donors (Lipinski definition) is 1. The third-order valence-corrected chi connectivity index (χ3v) is 3.09. The summed E-state index contributed by atoms with van der Waals surface area (Å²) in [6.07, 6.45) is 0. The number of carbonyl (C=O) groups is 1. The lowest BCUT2D eigenvalue weighted by Crippen LogP contribution is -2.09. The standard InChI is InChI=1S/C8H5BrN2OS/c9-4-1-2-5-6(3-4)13-8(11-5)7(10)12/h1-3H,(H2,10,12). The van der Waals surface area contributed by atoms with Crippen LogP contribution in [0.2, 0.25) is 0 Å². The van der Waals surface area contributed by atoms with Crippen molar-refractivity contribution >= 4 is 43.4 Å². The van der Waals surface area contributed by atoms with Gasteiger partial charge in [0.1, 0.15) is 0 Å². The van der Waals surface area contributed by atoms with Crippen LogP contribution in [-0.2, 0) is 0 Å². The Morgan fingerprint density at radius 3 is 3.00 bits per heavy atom. The number of fused-ring (bicyclic) bond motifs is 1. The predicted octanol–water partition coefficient (Wildman–Crippen LogP) is 2.16. The van der Waals surface area contributed by atoms with Crippen molar-refractivity contribution in [1.29, 1.82) is 0 Å². The van der Waals surface area contributed by atoms with Crippen LogP contribution in [0.4, 0.5) is 0 Å². The van der Waals surface area contributed by atoms with Crippen LogP contribution in [0.25, 0.3) is 10.2 Å². The van der Waals surface area contributed by atoms with Gasteiger partial charge in [-0.15, -0.1) is 11.3 Å². The van der Waals surface area contributed by atoms with Crippen molar-refractivity contribution in [3.05, 3.63) is 27.7 Å². The topological polar surface area (TPSA) is 56.0 Å². The van der Waals surface area contributed by atoms with Crippen LogP contribution >= 0.6 is 27.3 Å². The molecule has 0 saturated carbocycles. The maximum absolute atomic E-state index is 10.8. The molecule has 13 heavy (non-hydrogen) atoms. The van der Waals surface area contributed by atoms with Crippen molar-refractivity contribution < 1.29 is 4.79 Å². The van der Waals surface area contributed by atoms with Gasteiger partial charge in [0.2, 0.25) is 0 Å². The molecule has 0 radical (unpaired) electrons. The molecule has 5 heteroatoms. The van der Waals surface area contributed by atoms with Crippen molar-refractivity contribution in [2.24, 2.45) is 5.73 Å². The summed E-state index contributed by atoms with van der Waals surface area (Å²) in [4.78, 5) is 14.9. The first kappa shape index (κ1) is 8.65. The van der Waals surface area contributed by atoms with Crippen LogP contribution in [0.1, 0.15) is 9.80 Å². The highest BCUT2D eigenvalue weighted by Crippen LogP contribution is 2.24. The number of thiazole rings is 1. The fraction of sp³-hybridized carbons (Fsp3) is 0. The number of primary amides is 1. The van der Waals surface area contributed by atoms with Gasteiger partial charge >= 0.3 is 0 Å². The van der Waals surface area contributed by atoms with Gasteiger partial charge in [-0.3, -0.25) is 4.79 Å². The van der Waals surface area contributed by atoms with E-state index in [-0.39, 0.29) is 0 Å². The summed E-state index contributed by atoms with van der Waals surface area (Å²) >= 11 is 4.65. The molecule has 0 aliphatic carbocycles. The minimum atomic E-state index is -0.475. The quantitative estimate of drug-likeness (QED) is 0.851.